The predicted molar refractivity (Wildman–Crippen MR) is 69.1 cm³/mol. The molecule has 1 aromatic carbocycles. The van der Waals surface area contributed by atoms with Gasteiger partial charge in [0.05, 0.1) is 30.4 Å². The lowest BCUT2D eigenvalue weighted by atomic mass is 10.0. The molecule has 0 aromatic heterocycles. The fraction of sp³-hybridized carbons (Fsp3) is 0.385. The molecule has 3 N–H and O–H groups in total. The van der Waals surface area contributed by atoms with Gasteiger partial charge in [-0.1, -0.05) is 0 Å². The molecule has 1 heterocycles. The highest BCUT2D eigenvalue weighted by atomic mass is 19.1. The Labute approximate surface area is 114 Å². The van der Waals surface area contributed by atoms with Crippen LogP contribution in [-0.2, 0) is 9.53 Å². The van der Waals surface area contributed by atoms with Crippen molar-refractivity contribution in [3.63, 3.8) is 0 Å². The van der Waals surface area contributed by atoms with E-state index in [1.54, 1.807) is 7.05 Å². The van der Waals surface area contributed by atoms with Gasteiger partial charge in [0.2, 0.25) is 5.91 Å². The number of nitrogens with one attached hydrogen (secondary N) is 2. The molecular formula is C13H15FN2O4. The lowest BCUT2D eigenvalue weighted by Crippen LogP contribution is -2.39. The number of halogens is 1. The smallest absolute Gasteiger partial charge is 0.335 e. The molecule has 0 bridgehead atoms. The van der Waals surface area contributed by atoms with Gasteiger partial charge in [0, 0.05) is 6.04 Å². The summed E-state index contributed by atoms with van der Waals surface area (Å²) in [5.74, 6) is -2.76. The van der Waals surface area contributed by atoms with E-state index in [4.69, 9.17) is 9.84 Å². The standard InChI is InChI=1S/C13H15FN2O4/c1-15-11-6-20-5-8(11)12(17)16-10-3-2-7(13(18)19)4-9(10)14/h2-4,8,11,15H,5-6H2,1H3,(H,16,17)(H,18,19). The molecule has 0 spiro atoms. The highest BCUT2D eigenvalue weighted by Gasteiger charge is 2.33. The van der Waals surface area contributed by atoms with Gasteiger partial charge < -0.3 is 20.5 Å². The van der Waals surface area contributed by atoms with E-state index in [2.05, 4.69) is 10.6 Å². The first-order chi connectivity index (χ1) is 9.52. The quantitative estimate of drug-likeness (QED) is 0.756. The molecule has 2 rings (SSSR count). The van der Waals surface area contributed by atoms with Gasteiger partial charge in [-0.15, -0.1) is 0 Å². The number of ether oxygens (including phenoxy) is 1. The number of carboxylic acids is 1. The van der Waals surface area contributed by atoms with Crippen molar-refractivity contribution in [2.24, 2.45) is 5.92 Å². The maximum Gasteiger partial charge on any atom is 0.335 e. The predicted octanol–water partition coefficient (Wildman–Crippen LogP) is 0.697. The molecule has 2 unspecified atom stereocenters. The lowest BCUT2D eigenvalue weighted by Gasteiger charge is -2.16. The van der Waals surface area contributed by atoms with Gasteiger partial charge >= 0.3 is 5.97 Å². The highest BCUT2D eigenvalue weighted by molar-refractivity contribution is 5.94. The lowest BCUT2D eigenvalue weighted by molar-refractivity contribution is -0.120. The van der Waals surface area contributed by atoms with Crippen molar-refractivity contribution in [3.05, 3.63) is 29.6 Å². The van der Waals surface area contributed by atoms with Gasteiger partial charge in [-0.25, -0.2) is 9.18 Å². The molecule has 1 aliphatic heterocycles. The zero-order chi connectivity index (χ0) is 14.7. The second-order valence-corrected chi connectivity index (χ2v) is 4.53. The van der Waals surface area contributed by atoms with Crippen molar-refractivity contribution in [2.45, 2.75) is 6.04 Å². The second kappa shape index (κ2) is 5.98. The maximum absolute atomic E-state index is 13.7. The number of carbonyl (C=O) groups excluding carboxylic acids is 1. The zero-order valence-electron chi connectivity index (χ0n) is 10.9. The van der Waals surface area contributed by atoms with Gasteiger partial charge in [0.15, 0.2) is 0 Å². The fourth-order valence-corrected chi connectivity index (χ4v) is 2.07. The number of rotatable bonds is 4. The van der Waals surface area contributed by atoms with E-state index < -0.39 is 17.7 Å². The Hall–Kier alpha value is -1.99. The van der Waals surface area contributed by atoms with E-state index in [0.29, 0.717) is 6.61 Å². The van der Waals surface area contributed by atoms with E-state index in [1.807, 2.05) is 0 Å². The van der Waals surface area contributed by atoms with Crippen LogP contribution in [0.4, 0.5) is 10.1 Å². The Morgan fingerprint density at radius 3 is 2.75 bits per heavy atom. The van der Waals surface area contributed by atoms with Crippen LogP contribution >= 0.6 is 0 Å². The van der Waals surface area contributed by atoms with Crippen molar-refractivity contribution >= 4 is 17.6 Å². The third-order valence-corrected chi connectivity index (χ3v) is 3.26. The SMILES string of the molecule is CNC1COCC1C(=O)Nc1ccc(C(=O)O)cc1F. The molecule has 1 saturated heterocycles. The van der Waals surface area contributed by atoms with Crippen LogP contribution in [0.15, 0.2) is 18.2 Å². The summed E-state index contributed by atoms with van der Waals surface area (Å²) in [7, 11) is 1.72. The van der Waals surface area contributed by atoms with Gasteiger partial charge in [0.25, 0.3) is 0 Å². The summed E-state index contributed by atoms with van der Waals surface area (Å²) < 4.78 is 18.9. The molecule has 6 nitrogen and oxygen atoms in total. The molecule has 0 aliphatic carbocycles. The number of carbonyl (C=O) groups is 2. The minimum absolute atomic E-state index is 0.0400. The van der Waals surface area contributed by atoms with Crippen molar-refractivity contribution in [1.29, 1.82) is 0 Å². The summed E-state index contributed by atoms with van der Waals surface area (Å²) in [6.07, 6.45) is 0. The number of hydrogen-bond donors (Lipinski definition) is 3. The van der Waals surface area contributed by atoms with Crippen molar-refractivity contribution in [1.82, 2.24) is 5.32 Å². The maximum atomic E-state index is 13.7. The molecule has 1 aliphatic rings. The topological polar surface area (TPSA) is 87.7 Å². The second-order valence-electron chi connectivity index (χ2n) is 4.53. The monoisotopic (exact) mass is 282 g/mol. The highest BCUT2D eigenvalue weighted by Crippen LogP contribution is 2.20. The average molecular weight is 282 g/mol. The van der Waals surface area contributed by atoms with Crippen LogP contribution in [-0.4, -0.2) is 43.3 Å². The molecule has 1 amide bonds. The fourth-order valence-electron chi connectivity index (χ4n) is 2.07. The molecular weight excluding hydrogens is 267 g/mol. The number of anilines is 1. The van der Waals surface area contributed by atoms with Crippen LogP contribution in [0, 0.1) is 11.7 Å². The number of carboxylic acid groups (broad SMARTS) is 1. The van der Waals surface area contributed by atoms with Crippen LogP contribution < -0.4 is 10.6 Å². The van der Waals surface area contributed by atoms with E-state index in [0.717, 1.165) is 6.07 Å². The average Bonchev–Trinajstić information content (AvgIpc) is 2.89. The van der Waals surface area contributed by atoms with Crippen LogP contribution in [0.2, 0.25) is 0 Å². The summed E-state index contributed by atoms with van der Waals surface area (Å²) in [5.41, 5.74) is -0.209. The normalized spacial score (nSPS) is 21.7. The van der Waals surface area contributed by atoms with Gasteiger partial charge in [0.1, 0.15) is 5.82 Å². The molecule has 1 aromatic rings. The number of likely N-dealkylation sites (N-methyl/N-ethyl adjacent to an activating group) is 1. The molecule has 20 heavy (non-hydrogen) atoms. The van der Waals surface area contributed by atoms with E-state index in [1.165, 1.54) is 12.1 Å². The molecule has 1 fully saturated rings. The van der Waals surface area contributed by atoms with E-state index in [-0.39, 0.29) is 29.8 Å². The zero-order valence-corrected chi connectivity index (χ0v) is 10.9. The summed E-state index contributed by atoms with van der Waals surface area (Å²) in [6.45, 7) is 0.696. The summed E-state index contributed by atoms with van der Waals surface area (Å²) in [6, 6.07) is 3.23. The summed E-state index contributed by atoms with van der Waals surface area (Å²) in [5, 5.41) is 14.2. The first-order valence-electron chi connectivity index (χ1n) is 6.11. The minimum Gasteiger partial charge on any atom is -0.478 e. The summed E-state index contributed by atoms with van der Waals surface area (Å²) in [4.78, 5) is 22.7. The van der Waals surface area contributed by atoms with Gasteiger partial charge in [-0.05, 0) is 25.2 Å². The van der Waals surface area contributed by atoms with Crippen molar-refractivity contribution < 1.29 is 23.8 Å². The Balaban J connectivity index is 2.10. The van der Waals surface area contributed by atoms with Crippen LogP contribution in [0.25, 0.3) is 0 Å². The molecule has 7 heteroatoms. The Bertz CT molecular complexity index is 535. The van der Waals surface area contributed by atoms with E-state index in [9.17, 15) is 14.0 Å². The first-order valence-corrected chi connectivity index (χ1v) is 6.11. The number of amides is 1. The van der Waals surface area contributed by atoms with Crippen LogP contribution in [0.3, 0.4) is 0 Å². The summed E-state index contributed by atoms with van der Waals surface area (Å²) >= 11 is 0. The van der Waals surface area contributed by atoms with Crippen LogP contribution in [0.5, 0.6) is 0 Å². The van der Waals surface area contributed by atoms with Gasteiger partial charge in [-0.2, -0.15) is 0 Å². The first kappa shape index (κ1) is 14.4. The third-order valence-electron chi connectivity index (χ3n) is 3.26. The van der Waals surface area contributed by atoms with E-state index >= 15 is 0 Å². The molecule has 108 valence electrons. The number of benzene rings is 1. The Morgan fingerprint density at radius 1 is 1.40 bits per heavy atom. The molecule has 0 saturated carbocycles. The number of hydrogen-bond acceptors (Lipinski definition) is 4. The van der Waals surface area contributed by atoms with Crippen molar-refractivity contribution in [2.75, 3.05) is 25.6 Å². The molecule has 2 atom stereocenters. The van der Waals surface area contributed by atoms with Crippen molar-refractivity contribution in [3.8, 4) is 0 Å². The largest absolute Gasteiger partial charge is 0.478 e. The third kappa shape index (κ3) is 2.94. The van der Waals surface area contributed by atoms with Crippen LogP contribution in [0.1, 0.15) is 10.4 Å². The van der Waals surface area contributed by atoms with Gasteiger partial charge in [-0.3, -0.25) is 4.79 Å². The molecule has 0 radical (unpaired) electrons. The Morgan fingerprint density at radius 2 is 2.15 bits per heavy atom. The Kier molecular flexibility index (Phi) is 4.31. The number of aromatic carboxylic acids is 1. The minimum atomic E-state index is -1.22.